The van der Waals surface area contributed by atoms with Gasteiger partial charge in [-0.3, -0.25) is 9.59 Å². The van der Waals surface area contributed by atoms with Crippen LogP contribution in [0.3, 0.4) is 0 Å². The number of likely N-dealkylation sites (tertiary alicyclic amines) is 2. The van der Waals surface area contributed by atoms with E-state index in [-0.39, 0.29) is 18.4 Å². The molecule has 0 unspecified atom stereocenters. The Labute approximate surface area is 149 Å². The zero-order valence-corrected chi connectivity index (χ0v) is 15.5. The fourth-order valence-corrected chi connectivity index (χ4v) is 4.59. The molecule has 138 valence electrons. The van der Waals surface area contributed by atoms with E-state index in [2.05, 4.69) is 11.5 Å². The summed E-state index contributed by atoms with van der Waals surface area (Å²) in [6.07, 6.45) is 2.51. The van der Waals surface area contributed by atoms with Gasteiger partial charge in [-0.1, -0.05) is 0 Å². The predicted molar refractivity (Wildman–Crippen MR) is 95.4 cm³/mol. The van der Waals surface area contributed by atoms with Crippen molar-refractivity contribution in [2.24, 2.45) is 5.41 Å². The number of nitrogens with zero attached hydrogens (tertiary/aromatic N) is 3. The Morgan fingerprint density at radius 1 is 1.28 bits per heavy atom. The molecule has 1 atom stereocenters. The minimum Gasteiger partial charge on any atom is -0.395 e. The number of hydrogen-bond donors (Lipinski definition) is 1. The van der Waals surface area contributed by atoms with Crippen LogP contribution in [0.1, 0.15) is 47.9 Å². The molecule has 25 heavy (non-hydrogen) atoms. The lowest BCUT2D eigenvalue weighted by Gasteiger charge is -2.39. The Kier molecular flexibility index (Phi) is 4.91. The summed E-state index contributed by atoms with van der Waals surface area (Å²) in [7, 11) is 0. The molecule has 3 heterocycles. The van der Waals surface area contributed by atoms with E-state index in [0.717, 1.165) is 42.8 Å². The van der Waals surface area contributed by atoms with Crippen LogP contribution in [0, 0.1) is 19.3 Å². The molecule has 0 radical (unpaired) electrons. The van der Waals surface area contributed by atoms with Gasteiger partial charge in [-0.2, -0.15) is 0 Å². The molecule has 0 aliphatic carbocycles. The van der Waals surface area contributed by atoms with Gasteiger partial charge in [0.05, 0.1) is 17.6 Å². The quantitative estimate of drug-likeness (QED) is 0.899. The van der Waals surface area contributed by atoms with Crippen molar-refractivity contribution in [3.63, 3.8) is 0 Å². The van der Waals surface area contributed by atoms with Crippen LogP contribution in [0.15, 0.2) is 6.07 Å². The van der Waals surface area contributed by atoms with E-state index in [4.69, 9.17) is 0 Å². The molecule has 1 aromatic heterocycles. The normalized spacial score (nSPS) is 23.8. The highest BCUT2D eigenvalue weighted by Gasteiger charge is 2.49. The van der Waals surface area contributed by atoms with Crippen LogP contribution in [0.5, 0.6) is 0 Å². The minimum absolute atomic E-state index is 0.00648. The first-order valence-corrected chi connectivity index (χ1v) is 9.30. The van der Waals surface area contributed by atoms with Crippen LogP contribution in [0.4, 0.5) is 0 Å². The van der Waals surface area contributed by atoms with E-state index >= 15 is 0 Å². The molecule has 2 aliphatic rings. The van der Waals surface area contributed by atoms with Gasteiger partial charge in [-0.15, -0.1) is 0 Å². The number of rotatable bonds is 4. The first kappa shape index (κ1) is 18.0. The van der Waals surface area contributed by atoms with E-state index < -0.39 is 5.41 Å². The Morgan fingerprint density at radius 2 is 2.04 bits per heavy atom. The molecule has 0 aromatic carbocycles. The van der Waals surface area contributed by atoms with Gasteiger partial charge < -0.3 is 19.5 Å². The topological polar surface area (TPSA) is 65.8 Å². The van der Waals surface area contributed by atoms with Gasteiger partial charge in [0.15, 0.2) is 0 Å². The maximum atomic E-state index is 13.0. The van der Waals surface area contributed by atoms with Gasteiger partial charge in [0, 0.05) is 44.1 Å². The number of aliphatic hydroxyl groups is 1. The second-order valence-corrected chi connectivity index (χ2v) is 7.41. The highest BCUT2D eigenvalue weighted by Crippen LogP contribution is 2.40. The van der Waals surface area contributed by atoms with Crippen LogP contribution in [-0.4, -0.2) is 64.1 Å². The molecular weight excluding hydrogens is 318 g/mol. The summed E-state index contributed by atoms with van der Waals surface area (Å²) in [6.45, 7) is 9.18. The van der Waals surface area contributed by atoms with E-state index in [0.29, 0.717) is 26.2 Å². The standard InChI is InChI=1S/C19H29N3O3/c1-4-22-14(2)12-16(15(22)3)17(24)21-9-7-19(13-21)6-5-8-20(10-11-23)18(19)25/h12,23H,4-11,13H2,1-3H3/t19-/m1/s1. The van der Waals surface area contributed by atoms with E-state index in [1.54, 1.807) is 4.90 Å². The van der Waals surface area contributed by atoms with Crippen LogP contribution < -0.4 is 0 Å². The highest BCUT2D eigenvalue weighted by molar-refractivity contribution is 5.97. The Hall–Kier alpha value is -1.82. The van der Waals surface area contributed by atoms with Gasteiger partial charge in [0.1, 0.15) is 0 Å². The van der Waals surface area contributed by atoms with Crippen molar-refractivity contribution in [3.8, 4) is 0 Å². The summed E-state index contributed by atoms with van der Waals surface area (Å²) in [5.41, 5.74) is 2.41. The fraction of sp³-hybridized carbons (Fsp3) is 0.684. The lowest BCUT2D eigenvalue weighted by molar-refractivity contribution is -0.146. The van der Waals surface area contributed by atoms with Crippen molar-refractivity contribution in [3.05, 3.63) is 23.0 Å². The third kappa shape index (κ3) is 2.97. The summed E-state index contributed by atoms with van der Waals surface area (Å²) in [5, 5.41) is 9.18. The Bertz CT molecular complexity index is 680. The SMILES string of the molecule is CCn1c(C)cc(C(=O)N2CC[C@]3(CCCN(CCO)C3=O)C2)c1C. The number of carbonyl (C=O) groups is 2. The summed E-state index contributed by atoms with van der Waals surface area (Å²) in [6, 6.07) is 1.97. The summed E-state index contributed by atoms with van der Waals surface area (Å²) < 4.78 is 2.15. The summed E-state index contributed by atoms with van der Waals surface area (Å²) in [5.74, 6) is 0.152. The smallest absolute Gasteiger partial charge is 0.255 e. The fourth-order valence-electron chi connectivity index (χ4n) is 4.59. The molecule has 1 aromatic rings. The van der Waals surface area contributed by atoms with Crippen LogP contribution >= 0.6 is 0 Å². The molecule has 3 rings (SSSR count). The molecule has 6 nitrogen and oxygen atoms in total. The number of aromatic nitrogens is 1. The van der Waals surface area contributed by atoms with Gasteiger partial charge >= 0.3 is 0 Å². The van der Waals surface area contributed by atoms with Crippen LogP contribution in [0.25, 0.3) is 0 Å². The maximum absolute atomic E-state index is 13.0. The third-order valence-electron chi connectivity index (χ3n) is 5.96. The lowest BCUT2D eigenvalue weighted by atomic mass is 9.78. The van der Waals surface area contributed by atoms with Gasteiger partial charge in [-0.25, -0.2) is 0 Å². The zero-order valence-electron chi connectivity index (χ0n) is 15.5. The Balaban J connectivity index is 1.78. The number of amides is 2. The van der Waals surface area contributed by atoms with Crippen molar-refractivity contribution < 1.29 is 14.7 Å². The molecular formula is C19H29N3O3. The van der Waals surface area contributed by atoms with Crippen molar-refractivity contribution in [1.29, 1.82) is 0 Å². The molecule has 1 spiro atoms. The van der Waals surface area contributed by atoms with Gasteiger partial charge in [0.2, 0.25) is 5.91 Å². The number of aryl methyl sites for hydroxylation is 1. The van der Waals surface area contributed by atoms with Crippen LogP contribution in [0.2, 0.25) is 0 Å². The second-order valence-electron chi connectivity index (χ2n) is 7.41. The minimum atomic E-state index is -0.445. The number of piperidine rings is 1. The number of carbonyl (C=O) groups excluding carboxylic acids is 2. The first-order chi connectivity index (χ1) is 11.9. The average molecular weight is 347 g/mol. The van der Waals surface area contributed by atoms with Crippen LogP contribution in [-0.2, 0) is 11.3 Å². The summed E-state index contributed by atoms with van der Waals surface area (Å²) in [4.78, 5) is 29.5. The number of β-amino-alcohol motifs (C(OH)–C–C–N with tert-alkyl or cyclic N) is 1. The number of hydrogen-bond acceptors (Lipinski definition) is 3. The van der Waals surface area contributed by atoms with Crippen molar-refractivity contribution in [2.45, 2.75) is 46.6 Å². The largest absolute Gasteiger partial charge is 0.395 e. The van der Waals surface area contributed by atoms with Crippen molar-refractivity contribution in [2.75, 3.05) is 32.8 Å². The van der Waals surface area contributed by atoms with Gasteiger partial charge in [-0.05, 0) is 46.1 Å². The molecule has 1 N–H and O–H groups in total. The molecule has 2 amide bonds. The zero-order chi connectivity index (χ0) is 18.2. The second kappa shape index (κ2) is 6.83. The van der Waals surface area contributed by atoms with E-state index in [1.165, 1.54) is 0 Å². The summed E-state index contributed by atoms with van der Waals surface area (Å²) >= 11 is 0. The molecule has 2 fully saturated rings. The Morgan fingerprint density at radius 3 is 2.68 bits per heavy atom. The average Bonchev–Trinajstić information content (AvgIpc) is 3.14. The van der Waals surface area contributed by atoms with Crippen molar-refractivity contribution >= 4 is 11.8 Å². The predicted octanol–water partition coefficient (Wildman–Crippen LogP) is 1.57. The molecule has 2 aliphatic heterocycles. The lowest BCUT2D eigenvalue weighted by Crippen LogP contribution is -2.51. The maximum Gasteiger partial charge on any atom is 0.255 e. The first-order valence-electron chi connectivity index (χ1n) is 9.30. The van der Waals surface area contributed by atoms with Crippen molar-refractivity contribution in [1.82, 2.24) is 14.4 Å². The number of aliphatic hydroxyl groups excluding tert-OH is 1. The molecule has 6 heteroatoms. The highest BCUT2D eigenvalue weighted by atomic mass is 16.3. The molecule has 0 bridgehead atoms. The van der Waals surface area contributed by atoms with E-state index in [9.17, 15) is 14.7 Å². The monoisotopic (exact) mass is 347 g/mol. The van der Waals surface area contributed by atoms with Gasteiger partial charge in [0.25, 0.3) is 5.91 Å². The van der Waals surface area contributed by atoms with E-state index in [1.807, 2.05) is 24.8 Å². The molecule has 2 saturated heterocycles. The third-order valence-corrected chi connectivity index (χ3v) is 5.96. The molecule has 0 saturated carbocycles.